The molecule has 6 heteroatoms. The van der Waals surface area contributed by atoms with E-state index in [1.165, 1.54) is 31.4 Å². The number of halogens is 1. The van der Waals surface area contributed by atoms with Crippen molar-refractivity contribution in [3.05, 3.63) is 23.5 Å². The van der Waals surface area contributed by atoms with Gasteiger partial charge in [0.05, 0.1) is 12.8 Å². The predicted molar refractivity (Wildman–Crippen MR) is 67.2 cm³/mol. The summed E-state index contributed by atoms with van der Waals surface area (Å²) in [5, 5.41) is 9.02. The van der Waals surface area contributed by atoms with Gasteiger partial charge in [-0.3, -0.25) is 0 Å². The number of hydrogen-bond acceptors (Lipinski definition) is 5. The lowest BCUT2D eigenvalue weighted by atomic mass is 10.1. The molecule has 0 aromatic heterocycles. The van der Waals surface area contributed by atoms with Crippen molar-refractivity contribution in [3.63, 3.8) is 0 Å². The number of ether oxygens (including phenoxy) is 1. The third-order valence-corrected chi connectivity index (χ3v) is 3.06. The Bertz CT molecular complexity index is 433. The zero-order valence-electron chi connectivity index (χ0n) is 9.95. The minimum absolute atomic E-state index is 0.0303. The van der Waals surface area contributed by atoms with Gasteiger partial charge in [0.25, 0.3) is 0 Å². The second-order valence-electron chi connectivity index (χ2n) is 3.25. The van der Waals surface area contributed by atoms with Crippen LogP contribution in [-0.2, 0) is 0 Å². The molecule has 92 valence electrons. The molecule has 0 saturated heterocycles. The van der Waals surface area contributed by atoms with Gasteiger partial charge in [0.1, 0.15) is 11.6 Å². The normalized spacial score (nSPS) is 10.1. The van der Waals surface area contributed by atoms with Crippen molar-refractivity contribution in [1.82, 2.24) is 4.31 Å². The van der Waals surface area contributed by atoms with Crippen LogP contribution in [0.4, 0.5) is 10.1 Å². The maximum atomic E-state index is 13.4. The SMILES string of the molecule is CCN(C)SNc1ccc(F)c(OC)c1C#N. The van der Waals surface area contributed by atoms with Crippen LogP contribution in [0.25, 0.3) is 0 Å². The number of rotatable bonds is 5. The molecule has 0 aliphatic carbocycles. The van der Waals surface area contributed by atoms with E-state index in [9.17, 15) is 4.39 Å². The van der Waals surface area contributed by atoms with E-state index in [0.717, 1.165) is 6.54 Å². The predicted octanol–water partition coefficient (Wildman–Crippen LogP) is 2.63. The van der Waals surface area contributed by atoms with Crippen LogP contribution in [0.1, 0.15) is 12.5 Å². The summed E-state index contributed by atoms with van der Waals surface area (Å²) in [6.45, 7) is 2.85. The Labute approximate surface area is 105 Å². The summed E-state index contributed by atoms with van der Waals surface area (Å²) in [5.41, 5.74) is 0.709. The fraction of sp³-hybridized carbons (Fsp3) is 0.364. The van der Waals surface area contributed by atoms with Crippen LogP contribution < -0.4 is 9.46 Å². The third kappa shape index (κ3) is 3.25. The van der Waals surface area contributed by atoms with Gasteiger partial charge in [0.15, 0.2) is 11.6 Å². The highest BCUT2D eigenvalue weighted by molar-refractivity contribution is 7.98. The number of hydrogen-bond donors (Lipinski definition) is 1. The van der Waals surface area contributed by atoms with Gasteiger partial charge in [0, 0.05) is 18.7 Å². The molecule has 1 rings (SSSR count). The number of nitrogens with one attached hydrogen (secondary N) is 1. The Balaban J connectivity index is 2.97. The Hall–Kier alpha value is -1.45. The Morgan fingerprint density at radius 2 is 2.29 bits per heavy atom. The molecule has 1 aromatic rings. The Kier molecular flexibility index (Phi) is 5.07. The van der Waals surface area contributed by atoms with Crippen molar-refractivity contribution in [3.8, 4) is 11.8 Å². The molecule has 0 atom stereocenters. The summed E-state index contributed by atoms with van der Waals surface area (Å²) in [7, 11) is 3.25. The average molecular weight is 255 g/mol. The molecule has 0 radical (unpaired) electrons. The highest BCUT2D eigenvalue weighted by Gasteiger charge is 2.14. The molecule has 0 saturated carbocycles. The van der Waals surface area contributed by atoms with Crippen LogP contribution in [0.5, 0.6) is 5.75 Å². The van der Waals surface area contributed by atoms with Crippen molar-refractivity contribution in [2.75, 3.05) is 25.4 Å². The molecule has 0 aliphatic heterocycles. The van der Waals surface area contributed by atoms with E-state index in [1.807, 2.05) is 24.3 Å². The van der Waals surface area contributed by atoms with Crippen molar-refractivity contribution in [2.24, 2.45) is 0 Å². The number of benzene rings is 1. The van der Waals surface area contributed by atoms with E-state index in [4.69, 9.17) is 10.00 Å². The van der Waals surface area contributed by atoms with Gasteiger partial charge in [-0.1, -0.05) is 6.92 Å². The quantitative estimate of drug-likeness (QED) is 0.820. The molecule has 0 unspecified atom stereocenters. The first-order chi connectivity index (χ1) is 8.13. The largest absolute Gasteiger partial charge is 0.492 e. The average Bonchev–Trinajstić information content (AvgIpc) is 2.36. The highest BCUT2D eigenvalue weighted by Crippen LogP contribution is 2.30. The maximum absolute atomic E-state index is 13.4. The first-order valence-corrected chi connectivity index (χ1v) is 5.82. The lowest BCUT2D eigenvalue weighted by Gasteiger charge is -2.15. The molecule has 4 nitrogen and oxygen atoms in total. The molecule has 0 heterocycles. The molecule has 0 bridgehead atoms. The summed E-state index contributed by atoms with van der Waals surface area (Å²) >= 11 is 1.34. The first kappa shape index (κ1) is 13.6. The fourth-order valence-electron chi connectivity index (χ4n) is 1.14. The van der Waals surface area contributed by atoms with Crippen LogP contribution in [0.15, 0.2) is 12.1 Å². The number of nitrogens with zero attached hydrogens (tertiary/aromatic N) is 2. The number of methoxy groups -OCH3 is 1. The van der Waals surface area contributed by atoms with Gasteiger partial charge >= 0.3 is 0 Å². The summed E-state index contributed by atoms with van der Waals surface area (Å²) < 4.78 is 23.2. The number of nitriles is 1. The number of anilines is 1. The summed E-state index contributed by atoms with van der Waals surface area (Å²) in [4.78, 5) is 0. The van der Waals surface area contributed by atoms with Gasteiger partial charge in [-0.2, -0.15) is 5.26 Å². The van der Waals surface area contributed by atoms with Crippen LogP contribution in [0.2, 0.25) is 0 Å². The molecule has 1 aromatic carbocycles. The van der Waals surface area contributed by atoms with E-state index in [1.54, 1.807) is 0 Å². The van der Waals surface area contributed by atoms with E-state index < -0.39 is 5.82 Å². The van der Waals surface area contributed by atoms with Crippen molar-refractivity contribution >= 4 is 17.8 Å². The van der Waals surface area contributed by atoms with E-state index in [2.05, 4.69) is 4.72 Å². The first-order valence-electron chi connectivity index (χ1n) is 5.04. The molecule has 1 N–H and O–H groups in total. The third-order valence-electron chi connectivity index (χ3n) is 2.18. The Morgan fingerprint density at radius 3 is 2.82 bits per heavy atom. The van der Waals surface area contributed by atoms with E-state index in [-0.39, 0.29) is 11.3 Å². The van der Waals surface area contributed by atoms with Gasteiger partial charge in [-0.15, -0.1) is 0 Å². The molecular weight excluding hydrogens is 241 g/mol. The van der Waals surface area contributed by atoms with Gasteiger partial charge < -0.3 is 9.46 Å². The molecule has 0 amide bonds. The van der Waals surface area contributed by atoms with Crippen molar-refractivity contribution in [2.45, 2.75) is 6.92 Å². The van der Waals surface area contributed by atoms with E-state index in [0.29, 0.717) is 5.69 Å². The minimum Gasteiger partial charge on any atom is -0.492 e. The van der Waals surface area contributed by atoms with Crippen molar-refractivity contribution in [1.29, 1.82) is 5.26 Å². The van der Waals surface area contributed by atoms with E-state index >= 15 is 0 Å². The smallest absolute Gasteiger partial charge is 0.174 e. The molecule has 17 heavy (non-hydrogen) atoms. The van der Waals surface area contributed by atoms with Gasteiger partial charge in [-0.25, -0.2) is 8.70 Å². The van der Waals surface area contributed by atoms with Crippen LogP contribution in [0, 0.1) is 17.1 Å². The minimum atomic E-state index is -0.538. The van der Waals surface area contributed by atoms with Gasteiger partial charge in [-0.05, 0) is 19.2 Å². The standard InChI is InChI=1S/C11H14FN3OS/c1-4-15(2)17-14-10-6-5-9(12)11(16-3)8(10)7-13/h5-6,14H,4H2,1-3H3. The molecule has 0 aliphatic rings. The van der Waals surface area contributed by atoms with Crippen LogP contribution in [-0.4, -0.2) is 25.0 Å². The summed E-state index contributed by atoms with van der Waals surface area (Å²) in [6, 6.07) is 4.73. The second-order valence-corrected chi connectivity index (χ2v) is 4.26. The fourth-order valence-corrected chi connectivity index (χ4v) is 1.70. The van der Waals surface area contributed by atoms with Crippen LogP contribution in [0.3, 0.4) is 0 Å². The zero-order chi connectivity index (χ0) is 12.8. The van der Waals surface area contributed by atoms with Crippen molar-refractivity contribution < 1.29 is 9.13 Å². The summed E-state index contributed by atoms with van der Waals surface area (Å²) in [5.74, 6) is -0.569. The molecule has 0 spiro atoms. The second kappa shape index (κ2) is 6.33. The topological polar surface area (TPSA) is 48.3 Å². The zero-order valence-corrected chi connectivity index (χ0v) is 10.8. The molecule has 0 fully saturated rings. The maximum Gasteiger partial charge on any atom is 0.174 e. The lowest BCUT2D eigenvalue weighted by molar-refractivity contribution is 0.385. The molecular formula is C11H14FN3OS. The summed E-state index contributed by atoms with van der Waals surface area (Å²) in [6.07, 6.45) is 0. The van der Waals surface area contributed by atoms with Crippen LogP contribution >= 0.6 is 12.1 Å². The lowest BCUT2D eigenvalue weighted by Crippen LogP contribution is -2.11. The van der Waals surface area contributed by atoms with Gasteiger partial charge in [0.2, 0.25) is 0 Å². The monoisotopic (exact) mass is 255 g/mol. The Morgan fingerprint density at radius 1 is 1.59 bits per heavy atom. The highest BCUT2D eigenvalue weighted by atomic mass is 32.2.